The fourth-order valence-corrected chi connectivity index (χ4v) is 9.34. The minimum absolute atomic E-state index is 0. The van der Waals surface area contributed by atoms with E-state index in [-0.39, 0.29) is 77.5 Å². The second-order valence-corrected chi connectivity index (χ2v) is 19.7. The first kappa shape index (κ1) is 57.1. The van der Waals surface area contributed by atoms with Crippen LogP contribution >= 0.6 is 23.2 Å². The Hall–Kier alpha value is -3.81. The number of ether oxygens (including phenoxy) is 5. The summed E-state index contributed by atoms with van der Waals surface area (Å²) in [5.41, 5.74) is 4.39. The molecule has 4 heterocycles. The Morgan fingerprint density at radius 2 is 1.14 bits per heavy atom. The molecule has 4 aliphatic rings. The predicted octanol–water partition coefficient (Wildman–Crippen LogP) is 3.63. The molecule has 18 heteroatoms. The normalized spacial score (nSPS) is 27.1. The number of halogens is 2. The number of aliphatic hydroxyl groups excluding tert-OH is 4. The van der Waals surface area contributed by atoms with Gasteiger partial charge in [0.1, 0.15) is 54.2 Å². The number of nitrogens with one attached hydrogen (secondary N) is 2. The molecule has 2 amide bonds. The smallest absolute Gasteiger partial charge is 0.857 e. The van der Waals surface area contributed by atoms with Crippen LogP contribution in [0.25, 0.3) is 0 Å². The number of carbonyl (C=O) groups excluding carboxylic acids is 3. The van der Waals surface area contributed by atoms with Crippen molar-refractivity contribution >= 4 is 52.4 Å². The SMILES string of the molecule is CC1(C)Oc2ccc(Cc3cc([C@@H]4O[C@H](CO)[C@@H](O)[C@H](O)[C@H]4O)ccc3Cl)cc2NC1=O.CC[C@H]1O[C@@H](c2ccc(Cl)c(Cc3ccc4c(c3)NC(=O)C(C)(C)O4)c2)[C@H](OC(C)=O)[C@@H](C)[C@@H]1C.C[O-].[Na+]. The van der Waals surface area contributed by atoms with Gasteiger partial charge in [-0.3, -0.25) is 14.4 Å². The number of hydrogen-bond acceptors (Lipinski definition) is 13. The molecule has 6 N–H and O–H groups in total. The molecule has 0 aromatic heterocycles. The topological polar surface area (TPSA) is 225 Å². The molecule has 0 saturated carbocycles. The first-order chi connectivity index (χ1) is 32.6. The Morgan fingerprint density at radius 3 is 1.59 bits per heavy atom. The fraction of sp³-hybridized carbons (Fsp3) is 0.481. The van der Waals surface area contributed by atoms with Crippen molar-refractivity contribution in [3.05, 3.63) is 116 Å². The molecule has 70 heavy (non-hydrogen) atoms. The molecule has 4 aromatic carbocycles. The first-order valence-corrected chi connectivity index (χ1v) is 23.7. The van der Waals surface area contributed by atoms with Crippen molar-refractivity contribution in [1.29, 1.82) is 0 Å². The Bertz CT molecular complexity index is 2510. The zero-order chi connectivity index (χ0) is 50.7. The summed E-state index contributed by atoms with van der Waals surface area (Å²) in [4.78, 5) is 36.4. The van der Waals surface area contributed by atoms with Gasteiger partial charge >= 0.3 is 35.5 Å². The number of fused-ring (bicyclic) bond motifs is 2. The molecule has 2 fully saturated rings. The van der Waals surface area contributed by atoms with Gasteiger partial charge in [0, 0.05) is 22.9 Å². The molecule has 8 rings (SSSR count). The van der Waals surface area contributed by atoms with Gasteiger partial charge in [0.25, 0.3) is 11.8 Å². The van der Waals surface area contributed by atoms with E-state index >= 15 is 0 Å². The van der Waals surface area contributed by atoms with Crippen LogP contribution in [0.1, 0.15) is 107 Å². The van der Waals surface area contributed by atoms with Crippen LogP contribution in [-0.2, 0) is 41.4 Å². The van der Waals surface area contributed by atoms with Crippen LogP contribution in [0.3, 0.4) is 0 Å². The molecule has 374 valence electrons. The van der Waals surface area contributed by atoms with Crippen LogP contribution in [0, 0.1) is 11.8 Å². The van der Waals surface area contributed by atoms with E-state index in [4.69, 9.17) is 52.0 Å². The number of anilines is 2. The van der Waals surface area contributed by atoms with Gasteiger partial charge in [-0.2, -0.15) is 7.11 Å². The second-order valence-electron chi connectivity index (χ2n) is 18.9. The third kappa shape index (κ3) is 12.7. The molecule has 0 spiro atoms. The van der Waals surface area contributed by atoms with Crippen molar-refractivity contribution in [3.63, 3.8) is 0 Å². The number of amides is 2. The van der Waals surface area contributed by atoms with Crippen LogP contribution in [0.2, 0.25) is 10.0 Å². The number of carbonyl (C=O) groups is 3. The molecule has 4 aromatic rings. The molecular formula is C52H63Cl2N2NaO13. The summed E-state index contributed by atoms with van der Waals surface area (Å²) in [5.74, 6) is 0.923. The summed E-state index contributed by atoms with van der Waals surface area (Å²) in [6, 6.07) is 22.2. The largest absolute Gasteiger partial charge is 1.00 e. The maximum absolute atomic E-state index is 12.3. The van der Waals surface area contributed by atoms with E-state index in [2.05, 4.69) is 31.4 Å². The summed E-state index contributed by atoms with van der Waals surface area (Å²) in [5, 5.41) is 55.1. The Morgan fingerprint density at radius 1 is 0.686 bits per heavy atom. The summed E-state index contributed by atoms with van der Waals surface area (Å²) in [6.45, 7) is 14.2. The zero-order valence-electron chi connectivity index (χ0n) is 41.2. The Kier molecular flexibility index (Phi) is 19.4. The van der Waals surface area contributed by atoms with E-state index in [1.54, 1.807) is 52.0 Å². The molecule has 4 aliphatic heterocycles. The van der Waals surface area contributed by atoms with Crippen molar-refractivity contribution in [1.82, 2.24) is 0 Å². The predicted molar refractivity (Wildman–Crippen MR) is 259 cm³/mol. The molecule has 10 atom stereocenters. The maximum Gasteiger partial charge on any atom is 1.00 e. The summed E-state index contributed by atoms with van der Waals surface area (Å²) >= 11 is 13.0. The molecule has 15 nitrogen and oxygen atoms in total. The standard InChI is InChI=1S/C28H34ClNO5.C23H26ClNO7.CH3O.Na/c1-7-23-15(2)16(3)25(33-17(4)31)26(34-23)19-9-10-21(29)20(14-19)12-18-8-11-24-22(13-18)30-27(32)28(5,6)35-24;1-23(2)22(30)25-15-8-11(3-6-16(15)32-23)7-13-9-12(4-5-14(13)24)21-20(29)19(28)18(27)17(10-26)31-21;1-2;/h8-11,13-16,23,25-26H,7,12H2,1-6H3,(H,30,32);3-6,8-9,17-21,26-29H,7,10H2,1-2H3,(H,25,30);1H3;/q;;-1;+1/t15-,16-,23+,25+,26-;17-,18-,19+,20-,21+;;/m01../s1. The van der Waals surface area contributed by atoms with Crippen molar-refractivity contribution < 1.29 is 93.2 Å². The maximum atomic E-state index is 12.3. The average Bonchev–Trinajstić information content (AvgIpc) is 3.30. The van der Waals surface area contributed by atoms with E-state index in [1.807, 2.05) is 48.5 Å². The number of rotatable bonds is 9. The van der Waals surface area contributed by atoms with E-state index < -0.39 is 48.3 Å². The van der Waals surface area contributed by atoms with E-state index in [1.165, 1.54) is 6.92 Å². The molecule has 0 unspecified atom stereocenters. The van der Waals surface area contributed by atoms with E-state index in [0.29, 0.717) is 51.3 Å². The van der Waals surface area contributed by atoms with E-state index in [0.717, 1.165) is 41.3 Å². The summed E-state index contributed by atoms with van der Waals surface area (Å²) in [6.07, 6.45) is -4.99. The number of hydrogen-bond donors (Lipinski definition) is 6. The number of esters is 1. The Balaban J connectivity index is 0.000000249. The minimum Gasteiger partial charge on any atom is -0.857 e. The van der Waals surface area contributed by atoms with Crippen molar-refractivity contribution in [2.45, 2.75) is 135 Å². The van der Waals surface area contributed by atoms with Gasteiger partial charge < -0.3 is 59.9 Å². The van der Waals surface area contributed by atoms with Gasteiger partial charge in [-0.15, -0.1) is 0 Å². The van der Waals surface area contributed by atoms with Crippen LogP contribution < -0.4 is 54.8 Å². The van der Waals surface area contributed by atoms with Crippen molar-refractivity contribution in [2.75, 3.05) is 24.4 Å². The third-order valence-electron chi connectivity index (χ3n) is 13.1. The molecule has 2 saturated heterocycles. The van der Waals surface area contributed by atoms with Crippen LogP contribution in [0.5, 0.6) is 11.5 Å². The zero-order valence-corrected chi connectivity index (χ0v) is 44.8. The fourth-order valence-electron chi connectivity index (χ4n) is 8.97. The van der Waals surface area contributed by atoms with Gasteiger partial charge in [0.15, 0.2) is 11.2 Å². The second kappa shape index (κ2) is 23.8. The van der Waals surface area contributed by atoms with Gasteiger partial charge in [-0.25, -0.2) is 0 Å². The third-order valence-corrected chi connectivity index (χ3v) is 13.9. The number of benzene rings is 4. The van der Waals surface area contributed by atoms with Crippen molar-refractivity contribution in [3.8, 4) is 11.5 Å². The first-order valence-electron chi connectivity index (χ1n) is 23.0. The molecule has 0 aliphatic carbocycles. The average molecular weight is 1020 g/mol. The van der Waals surface area contributed by atoms with Gasteiger partial charge in [0.05, 0.1) is 24.1 Å². The molecule has 0 radical (unpaired) electrons. The Labute approximate surface area is 441 Å². The quantitative estimate of drug-likeness (QED) is 0.104. The van der Waals surface area contributed by atoms with Crippen LogP contribution in [0.15, 0.2) is 72.8 Å². The van der Waals surface area contributed by atoms with E-state index in [9.17, 15) is 34.8 Å². The van der Waals surface area contributed by atoms with Crippen LogP contribution in [-0.4, -0.2) is 99.8 Å². The van der Waals surface area contributed by atoms with Gasteiger partial charge in [-0.1, -0.05) is 80.4 Å². The molecular weight excluding hydrogens is 954 g/mol. The monoisotopic (exact) mass is 1020 g/mol. The van der Waals surface area contributed by atoms with Crippen molar-refractivity contribution in [2.24, 2.45) is 11.8 Å². The van der Waals surface area contributed by atoms with Gasteiger partial charge in [0.2, 0.25) is 0 Å². The number of aliphatic hydroxyl groups is 4. The summed E-state index contributed by atoms with van der Waals surface area (Å²) in [7, 11) is 0.750. The minimum atomic E-state index is -1.46. The van der Waals surface area contributed by atoms with Gasteiger partial charge in [-0.05, 0) is 123 Å². The summed E-state index contributed by atoms with van der Waals surface area (Å²) < 4.78 is 29.5. The van der Waals surface area contributed by atoms with Crippen LogP contribution in [0.4, 0.5) is 11.4 Å². The molecule has 0 bridgehead atoms.